The third-order valence-corrected chi connectivity index (χ3v) is 14.3. The largest absolute Gasteiger partial charge is 0.393 e. The molecule has 5 aliphatic rings. The summed E-state index contributed by atoms with van der Waals surface area (Å²) in [6.07, 6.45) is 13.9. The topological polar surface area (TPSA) is 49.7 Å². The van der Waals surface area contributed by atoms with Gasteiger partial charge in [0.15, 0.2) is 0 Å². The highest BCUT2D eigenvalue weighted by atomic mass is 16.5. The minimum atomic E-state index is -0.709. The number of methoxy groups -OCH3 is 1. The second-order valence-corrected chi connectivity index (χ2v) is 15.7. The summed E-state index contributed by atoms with van der Waals surface area (Å²) in [5, 5.41) is 22.1. The number of ether oxygens (including phenoxy) is 1. The van der Waals surface area contributed by atoms with Crippen LogP contribution in [0.5, 0.6) is 0 Å². The lowest BCUT2D eigenvalue weighted by atomic mass is 9.41. The normalized spacial score (nSPS) is 50.5. The van der Waals surface area contributed by atoms with Crippen molar-refractivity contribution in [1.29, 1.82) is 0 Å². The average molecular weight is 489 g/mol. The Morgan fingerprint density at radius 1 is 0.857 bits per heavy atom. The molecule has 5 rings (SSSR count). The molecule has 3 heteroatoms. The Kier molecular flexibility index (Phi) is 6.20. The Labute approximate surface area is 216 Å². The molecule has 0 aromatic heterocycles. The molecule has 2 spiro atoms. The molecule has 5 saturated carbocycles. The fourth-order valence-electron chi connectivity index (χ4n) is 11.8. The Balaban J connectivity index is 1.35. The summed E-state index contributed by atoms with van der Waals surface area (Å²) in [6, 6.07) is 0. The maximum absolute atomic E-state index is 11.2. The van der Waals surface area contributed by atoms with Crippen LogP contribution in [0, 0.1) is 56.7 Å². The summed E-state index contributed by atoms with van der Waals surface area (Å²) in [4.78, 5) is 0. The summed E-state index contributed by atoms with van der Waals surface area (Å²) >= 11 is 0. The highest BCUT2D eigenvalue weighted by molar-refractivity contribution is 5.30. The van der Waals surface area contributed by atoms with Gasteiger partial charge in [0.1, 0.15) is 0 Å². The van der Waals surface area contributed by atoms with E-state index in [9.17, 15) is 10.2 Å². The standard InChI is InChI=1S/C32H56O3/c1-21(2)32(34,20-35-8)16-11-22(3)23-12-14-29(7)25-10-9-24-27(4,5)26(33)13-15-30(24)19-31(25,30)18-17-28(23,29)6/h21-26,33-34H,9-20H2,1-8H3/t22-,23-,24+,25+,26+,28-,29+,30-,31+,32?/m1/s1. The molecule has 35 heavy (non-hydrogen) atoms. The van der Waals surface area contributed by atoms with Gasteiger partial charge in [0, 0.05) is 7.11 Å². The average Bonchev–Trinajstić information content (AvgIpc) is 3.37. The third kappa shape index (κ3) is 3.32. The minimum Gasteiger partial charge on any atom is -0.393 e. The molecule has 0 aromatic carbocycles. The summed E-state index contributed by atoms with van der Waals surface area (Å²) < 4.78 is 5.42. The van der Waals surface area contributed by atoms with Gasteiger partial charge in [-0.1, -0.05) is 48.5 Å². The van der Waals surface area contributed by atoms with Crippen LogP contribution in [-0.4, -0.2) is 35.6 Å². The maximum Gasteiger partial charge on any atom is 0.0902 e. The third-order valence-electron chi connectivity index (χ3n) is 14.3. The first-order chi connectivity index (χ1) is 16.2. The molecular weight excluding hydrogens is 432 g/mol. The molecule has 0 amide bonds. The second-order valence-electron chi connectivity index (χ2n) is 15.7. The minimum absolute atomic E-state index is 0.0799. The number of aliphatic hydroxyl groups excluding tert-OH is 1. The Morgan fingerprint density at radius 3 is 2.17 bits per heavy atom. The molecule has 5 aliphatic carbocycles. The van der Waals surface area contributed by atoms with Crippen molar-refractivity contribution in [2.75, 3.05) is 13.7 Å². The molecule has 3 nitrogen and oxygen atoms in total. The van der Waals surface area contributed by atoms with Gasteiger partial charge in [-0.3, -0.25) is 0 Å². The van der Waals surface area contributed by atoms with Crippen LogP contribution in [0.25, 0.3) is 0 Å². The van der Waals surface area contributed by atoms with Crippen LogP contribution in [0.1, 0.15) is 119 Å². The predicted octanol–water partition coefficient (Wildman–Crippen LogP) is 7.24. The van der Waals surface area contributed by atoms with Gasteiger partial charge >= 0.3 is 0 Å². The summed E-state index contributed by atoms with van der Waals surface area (Å²) in [5.74, 6) is 3.21. The number of hydrogen-bond donors (Lipinski definition) is 2. The first-order valence-electron chi connectivity index (χ1n) is 15.1. The van der Waals surface area contributed by atoms with E-state index in [1.807, 2.05) is 0 Å². The zero-order valence-corrected chi connectivity index (χ0v) is 24.3. The Hall–Kier alpha value is -0.120. The first-order valence-corrected chi connectivity index (χ1v) is 15.1. The van der Waals surface area contributed by atoms with Crippen molar-refractivity contribution in [3.05, 3.63) is 0 Å². The fourth-order valence-corrected chi connectivity index (χ4v) is 11.8. The van der Waals surface area contributed by atoms with Crippen molar-refractivity contribution < 1.29 is 14.9 Å². The van der Waals surface area contributed by atoms with Gasteiger partial charge in [0.25, 0.3) is 0 Å². The molecule has 0 heterocycles. The number of rotatable bonds is 7. The van der Waals surface area contributed by atoms with Crippen molar-refractivity contribution in [2.45, 2.75) is 131 Å². The molecule has 0 saturated heterocycles. The van der Waals surface area contributed by atoms with E-state index in [0.29, 0.717) is 40.1 Å². The fraction of sp³-hybridized carbons (Fsp3) is 1.00. The van der Waals surface area contributed by atoms with E-state index in [0.717, 1.165) is 31.1 Å². The molecule has 2 N–H and O–H groups in total. The van der Waals surface area contributed by atoms with Crippen molar-refractivity contribution in [2.24, 2.45) is 56.7 Å². The van der Waals surface area contributed by atoms with Crippen LogP contribution in [0.2, 0.25) is 0 Å². The van der Waals surface area contributed by atoms with Crippen LogP contribution in [0.15, 0.2) is 0 Å². The van der Waals surface area contributed by atoms with Gasteiger partial charge in [-0.15, -0.1) is 0 Å². The lowest BCUT2D eigenvalue weighted by Crippen LogP contribution is -2.57. The molecule has 0 aromatic rings. The molecular formula is C32H56O3. The molecule has 5 fully saturated rings. The number of fused-ring (bicyclic) bond motifs is 2. The van der Waals surface area contributed by atoms with Gasteiger partial charge in [-0.2, -0.15) is 0 Å². The van der Waals surface area contributed by atoms with E-state index < -0.39 is 5.60 Å². The van der Waals surface area contributed by atoms with Crippen LogP contribution in [-0.2, 0) is 4.74 Å². The predicted molar refractivity (Wildman–Crippen MR) is 143 cm³/mol. The van der Waals surface area contributed by atoms with Crippen LogP contribution in [0.3, 0.4) is 0 Å². The van der Waals surface area contributed by atoms with Crippen molar-refractivity contribution in [1.82, 2.24) is 0 Å². The van der Waals surface area contributed by atoms with Crippen molar-refractivity contribution in [3.8, 4) is 0 Å². The second kappa shape index (κ2) is 8.19. The van der Waals surface area contributed by atoms with Crippen molar-refractivity contribution in [3.63, 3.8) is 0 Å². The van der Waals surface area contributed by atoms with Gasteiger partial charge in [0.05, 0.1) is 18.3 Å². The van der Waals surface area contributed by atoms with Gasteiger partial charge in [-0.25, -0.2) is 0 Å². The van der Waals surface area contributed by atoms with E-state index in [2.05, 4.69) is 48.5 Å². The Bertz CT molecular complexity index is 822. The SMILES string of the molecule is COCC(O)(CC[C@@H](C)[C@H]1CC[C@@]2(C)[C@@H]3CC[C@H]4C(C)(C)[C@@H](O)CC[C@@]45C[C@@]35CC[C@]12C)C(C)C. The van der Waals surface area contributed by atoms with Crippen LogP contribution in [0.4, 0.5) is 0 Å². The van der Waals surface area contributed by atoms with Gasteiger partial charge in [-0.05, 0) is 127 Å². The molecule has 0 radical (unpaired) electrons. The monoisotopic (exact) mass is 488 g/mol. The van der Waals surface area contributed by atoms with Gasteiger partial charge < -0.3 is 14.9 Å². The zero-order valence-electron chi connectivity index (χ0n) is 24.3. The van der Waals surface area contributed by atoms with E-state index in [4.69, 9.17) is 4.74 Å². The highest BCUT2D eigenvalue weighted by Crippen LogP contribution is 2.89. The van der Waals surface area contributed by atoms with E-state index in [1.54, 1.807) is 7.11 Å². The van der Waals surface area contributed by atoms with E-state index in [1.165, 1.54) is 51.4 Å². The lowest BCUT2D eigenvalue weighted by Gasteiger charge is -2.63. The van der Waals surface area contributed by atoms with Crippen LogP contribution >= 0.6 is 0 Å². The van der Waals surface area contributed by atoms with Crippen molar-refractivity contribution >= 4 is 0 Å². The highest BCUT2D eigenvalue weighted by Gasteiger charge is 2.82. The Morgan fingerprint density at radius 2 is 1.51 bits per heavy atom. The van der Waals surface area contributed by atoms with Crippen LogP contribution < -0.4 is 0 Å². The first kappa shape index (κ1) is 26.5. The molecule has 10 atom stereocenters. The van der Waals surface area contributed by atoms with E-state index in [-0.39, 0.29) is 17.4 Å². The summed E-state index contributed by atoms with van der Waals surface area (Å²) in [6.45, 7) is 17.3. The zero-order chi connectivity index (χ0) is 25.7. The quantitative estimate of drug-likeness (QED) is 0.397. The van der Waals surface area contributed by atoms with Gasteiger partial charge in [0.2, 0.25) is 0 Å². The summed E-state index contributed by atoms with van der Waals surface area (Å²) in [5.41, 5.74) is 1.33. The molecule has 202 valence electrons. The molecule has 1 unspecified atom stereocenters. The molecule has 0 bridgehead atoms. The maximum atomic E-state index is 11.2. The smallest absolute Gasteiger partial charge is 0.0902 e. The number of aliphatic hydroxyl groups is 2. The summed E-state index contributed by atoms with van der Waals surface area (Å²) in [7, 11) is 1.71. The lowest BCUT2D eigenvalue weighted by molar-refractivity contribution is -0.162. The number of hydrogen-bond acceptors (Lipinski definition) is 3. The molecule has 0 aliphatic heterocycles. The van der Waals surface area contributed by atoms with E-state index >= 15 is 0 Å².